The fourth-order valence-corrected chi connectivity index (χ4v) is 4.90. The average Bonchev–Trinajstić information content (AvgIpc) is 3.34. The molecule has 5 rings (SSSR count). The van der Waals surface area contributed by atoms with Gasteiger partial charge < -0.3 is 9.80 Å². The van der Waals surface area contributed by atoms with Crippen molar-refractivity contribution in [2.75, 3.05) is 24.5 Å². The lowest BCUT2D eigenvalue weighted by molar-refractivity contribution is 0.0738. The number of carbonyl (C=O) groups excluding carboxylic acids is 1. The maximum Gasteiger partial charge on any atom is 0.264 e. The van der Waals surface area contributed by atoms with Crippen LogP contribution in [-0.4, -0.2) is 40.4 Å². The smallest absolute Gasteiger partial charge is 0.264 e. The molecule has 0 bridgehead atoms. The van der Waals surface area contributed by atoms with Crippen molar-refractivity contribution in [2.24, 2.45) is 0 Å². The Hall–Kier alpha value is -2.73. The van der Waals surface area contributed by atoms with E-state index in [9.17, 15) is 4.79 Å². The number of rotatable bonds is 3. The molecule has 0 radical (unpaired) electrons. The first-order valence-electron chi connectivity index (χ1n) is 10.3. The van der Waals surface area contributed by atoms with Gasteiger partial charge in [-0.25, -0.2) is 9.97 Å². The van der Waals surface area contributed by atoms with Gasteiger partial charge in [0, 0.05) is 37.2 Å². The van der Waals surface area contributed by atoms with Gasteiger partial charge in [-0.3, -0.25) is 4.79 Å². The summed E-state index contributed by atoms with van der Waals surface area (Å²) in [7, 11) is 0. The third kappa shape index (κ3) is 3.65. The predicted molar refractivity (Wildman–Crippen MR) is 116 cm³/mol. The van der Waals surface area contributed by atoms with E-state index in [0.717, 1.165) is 52.9 Å². The van der Waals surface area contributed by atoms with Crippen LogP contribution in [0, 0.1) is 0 Å². The minimum atomic E-state index is 0.113. The van der Waals surface area contributed by atoms with Gasteiger partial charge in [-0.05, 0) is 30.7 Å². The summed E-state index contributed by atoms with van der Waals surface area (Å²) >= 11 is 1.51. The van der Waals surface area contributed by atoms with Gasteiger partial charge in [-0.1, -0.05) is 36.4 Å². The van der Waals surface area contributed by atoms with E-state index in [1.54, 1.807) is 0 Å². The second kappa shape index (κ2) is 7.95. The van der Waals surface area contributed by atoms with Crippen LogP contribution in [0.5, 0.6) is 0 Å². The molecule has 5 nitrogen and oxygen atoms in total. The van der Waals surface area contributed by atoms with Crippen molar-refractivity contribution >= 4 is 23.1 Å². The maximum absolute atomic E-state index is 12.9. The molecule has 0 spiro atoms. The summed E-state index contributed by atoms with van der Waals surface area (Å²) in [6.07, 6.45) is 4.43. The van der Waals surface area contributed by atoms with Crippen molar-refractivity contribution in [1.82, 2.24) is 14.9 Å². The monoisotopic (exact) mass is 404 g/mol. The Bertz CT molecular complexity index is 997. The molecule has 0 atom stereocenters. The topological polar surface area (TPSA) is 49.3 Å². The number of aromatic nitrogens is 2. The Balaban J connectivity index is 1.54. The lowest BCUT2D eigenvalue weighted by Gasteiger charge is -2.34. The molecule has 1 amide bonds. The summed E-state index contributed by atoms with van der Waals surface area (Å²) in [4.78, 5) is 28.0. The minimum Gasteiger partial charge on any atom is -0.356 e. The van der Waals surface area contributed by atoms with Crippen molar-refractivity contribution < 1.29 is 4.79 Å². The van der Waals surface area contributed by atoms with E-state index in [4.69, 9.17) is 9.97 Å². The average molecular weight is 405 g/mol. The number of nitrogens with zero attached hydrogens (tertiary/aromatic N) is 4. The molecule has 2 aliphatic heterocycles. The van der Waals surface area contributed by atoms with E-state index in [-0.39, 0.29) is 5.91 Å². The third-order valence-electron chi connectivity index (χ3n) is 5.75. The van der Waals surface area contributed by atoms with Crippen LogP contribution >= 0.6 is 11.3 Å². The zero-order valence-electron chi connectivity index (χ0n) is 16.4. The molecule has 0 aliphatic carbocycles. The van der Waals surface area contributed by atoms with Crippen LogP contribution in [-0.2, 0) is 13.0 Å². The predicted octanol–water partition coefficient (Wildman–Crippen LogP) is 4.39. The van der Waals surface area contributed by atoms with Crippen molar-refractivity contribution in [3.05, 3.63) is 64.0 Å². The van der Waals surface area contributed by atoms with Gasteiger partial charge in [-0.2, -0.15) is 0 Å². The van der Waals surface area contributed by atoms with E-state index in [2.05, 4.69) is 17.0 Å². The number of hydrogen-bond donors (Lipinski definition) is 0. The summed E-state index contributed by atoms with van der Waals surface area (Å²) in [5.41, 5.74) is 3.27. The minimum absolute atomic E-state index is 0.113. The van der Waals surface area contributed by atoms with E-state index >= 15 is 0 Å². The van der Waals surface area contributed by atoms with Gasteiger partial charge in [0.05, 0.1) is 17.1 Å². The van der Waals surface area contributed by atoms with E-state index in [1.165, 1.54) is 30.6 Å². The second-order valence-corrected chi connectivity index (χ2v) is 8.61. The standard InChI is InChI=1S/C23H24N4OS/c28-23(20-10-7-15-29-20)27-14-11-19-18(16-27)22(26-12-5-2-6-13-26)25-21(24-19)17-8-3-1-4-9-17/h1,3-4,7-10,15H,2,5-6,11-14,16H2. The van der Waals surface area contributed by atoms with Gasteiger partial charge >= 0.3 is 0 Å². The van der Waals surface area contributed by atoms with E-state index in [0.29, 0.717) is 13.1 Å². The molecule has 6 heteroatoms. The number of hydrogen-bond acceptors (Lipinski definition) is 5. The Labute approximate surface area is 175 Å². The molecule has 1 saturated heterocycles. The molecule has 0 saturated carbocycles. The molecule has 1 fully saturated rings. The number of piperidine rings is 1. The lowest BCUT2D eigenvalue weighted by atomic mass is 10.0. The highest BCUT2D eigenvalue weighted by Gasteiger charge is 2.29. The molecule has 0 unspecified atom stereocenters. The number of thiophene rings is 1. The SMILES string of the molecule is O=C(c1cccs1)N1CCc2nc(-c3ccccc3)nc(N3CCCCC3)c2C1. The van der Waals surface area contributed by atoms with E-state index in [1.807, 2.05) is 40.6 Å². The fraction of sp³-hybridized carbons (Fsp3) is 0.348. The molecule has 2 aromatic heterocycles. The highest BCUT2D eigenvalue weighted by Crippen LogP contribution is 2.32. The second-order valence-electron chi connectivity index (χ2n) is 7.66. The molecular formula is C23H24N4OS. The molecule has 4 heterocycles. The number of amides is 1. The highest BCUT2D eigenvalue weighted by molar-refractivity contribution is 7.12. The van der Waals surface area contributed by atoms with Crippen LogP contribution in [0.3, 0.4) is 0 Å². The first-order valence-corrected chi connectivity index (χ1v) is 11.2. The fourth-order valence-electron chi connectivity index (χ4n) is 4.21. The number of anilines is 1. The maximum atomic E-state index is 12.9. The molecule has 2 aliphatic rings. The molecule has 148 valence electrons. The normalized spacial score (nSPS) is 16.6. The number of benzene rings is 1. The summed E-state index contributed by atoms with van der Waals surface area (Å²) in [6, 6.07) is 14.0. The molecule has 0 N–H and O–H groups in total. The number of fused-ring (bicyclic) bond motifs is 1. The molecule has 29 heavy (non-hydrogen) atoms. The third-order valence-corrected chi connectivity index (χ3v) is 6.60. The van der Waals surface area contributed by atoms with Crippen molar-refractivity contribution in [2.45, 2.75) is 32.2 Å². The van der Waals surface area contributed by atoms with Gasteiger partial charge in [0.15, 0.2) is 5.82 Å². The lowest BCUT2D eigenvalue weighted by Crippen LogP contribution is -2.39. The summed E-state index contributed by atoms with van der Waals surface area (Å²) < 4.78 is 0. The summed E-state index contributed by atoms with van der Waals surface area (Å²) in [6.45, 7) is 3.34. The van der Waals surface area contributed by atoms with Crippen molar-refractivity contribution in [1.29, 1.82) is 0 Å². The first-order chi connectivity index (χ1) is 14.3. The van der Waals surface area contributed by atoms with Crippen LogP contribution in [0.4, 0.5) is 5.82 Å². The number of carbonyl (C=O) groups is 1. The van der Waals surface area contributed by atoms with Crippen LogP contribution in [0.2, 0.25) is 0 Å². The van der Waals surface area contributed by atoms with E-state index < -0.39 is 0 Å². The van der Waals surface area contributed by atoms with Crippen molar-refractivity contribution in [3.8, 4) is 11.4 Å². The van der Waals surface area contributed by atoms with Crippen LogP contribution in [0.15, 0.2) is 47.8 Å². The molecular weight excluding hydrogens is 380 g/mol. The summed E-state index contributed by atoms with van der Waals surface area (Å²) in [5, 5.41) is 1.96. The zero-order chi connectivity index (χ0) is 19.6. The zero-order valence-corrected chi connectivity index (χ0v) is 17.2. The Morgan fingerprint density at radius 1 is 0.931 bits per heavy atom. The Morgan fingerprint density at radius 3 is 2.52 bits per heavy atom. The highest BCUT2D eigenvalue weighted by atomic mass is 32.1. The summed E-state index contributed by atoms with van der Waals surface area (Å²) in [5.74, 6) is 1.93. The van der Waals surface area contributed by atoms with Crippen molar-refractivity contribution in [3.63, 3.8) is 0 Å². The Kier molecular flexibility index (Phi) is 5.02. The van der Waals surface area contributed by atoms with Crippen LogP contribution in [0.1, 0.15) is 40.2 Å². The molecule has 3 aromatic rings. The van der Waals surface area contributed by atoms with Gasteiger partial charge in [0.2, 0.25) is 0 Å². The largest absolute Gasteiger partial charge is 0.356 e. The van der Waals surface area contributed by atoms with Crippen LogP contribution in [0.25, 0.3) is 11.4 Å². The van der Waals surface area contributed by atoms with Gasteiger partial charge in [0.25, 0.3) is 5.91 Å². The first kappa shape index (κ1) is 18.3. The van der Waals surface area contributed by atoms with Crippen LogP contribution < -0.4 is 4.90 Å². The Morgan fingerprint density at radius 2 is 1.76 bits per heavy atom. The van der Waals surface area contributed by atoms with Gasteiger partial charge in [0.1, 0.15) is 5.82 Å². The van der Waals surface area contributed by atoms with Gasteiger partial charge in [-0.15, -0.1) is 11.3 Å². The quantitative estimate of drug-likeness (QED) is 0.649. The molecule has 1 aromatic carbocycles.